The second-order valence-corrected chi connectivity index (χ2v) is 8.86. The molecule has 38 heavy (non-hydrogen) atoms. The second kappa shape index (κ2) is 14.1. The van der Waals surface area contributed by atoms with Gasteiger partial charge in [0.05, 0.1) is 25.5 Å². The van der Waals surface area contributed by atoms with Crippen molar-refractivity contribution < 1.29 is 81.1 Å². The molecule has 0 aromatic heterocycles. The van der Waals surface area contributed by atoms with Crippen molar-refractivity contribution >= 4 is 0 Å². The molecule has 0 spiro atoms. The molecule has 225 valence electrons. The maximum absolute atomic E-state index is 13.8. The van der Waals surface area contributed by atoms with Crippen molar-refractivity contribution in [3.63, 3.8) is 0 Å². The van der Waals surface area contributed by atoms with Crippen LogP contribution in [0.2, 0.25) is 0 Å². The van der Waals surface area contributed by atoms with Gasteiger partial charge in [-0.1, -0.05) is 51.9 Å². The van der Waals surface area contributed by atoms with Gasteiger partial charge in [0.1, 0.15) is 0 Å². The SMILES string of the molecule is CCCCCCCCCCN1[C+]N(CCCC(F)(F)C(F)(F)C(F)(F)C(F)(F)C(F)(F)C(F)(F)F)C=C1.[I-]. The van der Waals surface area contributed by atoms with Crippen LogP contribution in [0.25, 0.3) is 0 Å². The highest BCUT2D eigenvalue weighted by atomic mass is 127. The first-order valence-corrected chi connectivity index (χ1v) is 11.7. The molecule has 0 saturated carbocycles. The summed E-state index contributed by atoms with van der Waals surface area (Å²) in [6.07, 6.45) is 0.484. The van der Waals surface area contributed by atoms with Crippen molar-refractivity contribution in [1.82, 2.24) is 9.80 Å². The van der Waals surface area contributed by atoms with Crippen molar-refractivity contribution in [3.8, 4) is 0 Å². The highest BCUT2D eigenvalue weighted by Gasteiger charge is 2.90. The van der Waals surface area contributed by atoms with E-state index < -0.39 is 55.2 Å². The van der Waals surface area contributed by atoms with Crippen LogP contribution >= 0.6 is 0 Å². The smallest absolute Gasteiger partial charge is 0.564 e. The Kier molecular flexibility index (Phi) is 13.7. The standard InChI is InChI=1S/C22H29F13N2.HI/c1-2-3-4-5-6-7-8-9-12-36-14-15-37(16-36)13-10-11-17(23,24)18(25,26)19(27,28)20(29,30)21(31,32)22(33,34)35;/h14-15H,2-13H2,1H3;1H/q+1;/p-1. The van der Waals surface area contributed by atoms with Gasteiger partial charge in [0.2, 0.25) is 0 Å². The van der Waals surface area contributed by atoms with Crippen LogP contribution in [0.1, 0.15) is 71.1 Å². The minimum atomic E-state index is -7.86. The van der Waals surface area contributed by atoms with E-state index in [1.54, 1.807) is 0 Å². The lowest BCUT2D eigenvalue weighted by Crippen LogP contribution is -3.00. The zero-order valence-corrected chi connectivity index (χ0v) is 22.5. The van der Waals surface area contributed by atoms with Crippen molar-refractivity contribution in [2.75, 3.05) is 13.1 Å². The molecule has 0 aromatic carbocycles. The highest BCUT2D eigenvalue weighted by molar-refractivity contribution is 5.10. The van der Waals surface area contributed by atoms with Crippen LogP contribution in [-0.2, 0) is 0 Å². The number of unbranched alkanes of at least 4 members (excludes halogenated alkanes) is 7. The number of nitrogens with zero attached hydrogens (tertiary/aromatic N) is 2. The van der Waals surface area contributed by atoms with E-state index in [1.165, 1.54) is 23.7 Å². The van der Waals surface area contributed by atoms with Crippen LogP contribution in [0.4, 0.5) is 57.1 Å². The first-order valence-electron chi connectivity index (χ1n) is 11.7. The quantitative estimate of drug-likeness (QED) is 0.0831. The van der Waals surface area contributed by atoms with Crippen molar-refractivity contribution in [2.24, 2.45) is 0 Å². The van der Waals surface area contributed by atoms with Crippen molar-refractivity contribution in [2.45, 2.75) is 107 Å². The van der Waals surface area contributed by atoms with E-state index in [9.17, 15) is 57.1 Å². The molecule has 0 amide bonds. The van der Waals surface area contributed by atoms with Gasteiger partial charge in [-0.25, -0.2) is 0 Å². The molecule has 0 N–H and O–H groups in total. The van der Waals surface area contributed by atoms with Crippen LogP contribution in [0.5, 0.6) is 0 Å². The van der Waals surface area contributed by atoms with Gasteiger partial charge in [-0.05, 0) is 12.8 Å². The third kappa shape index (κ3) is 8.27. The van der Waals surface area contributed by atoms with Gasteiger partial charge in [0.15, 0.2) is 0 Å². The van der Waals surface area contributed by atoms with E-state index in [0.29, 0.717) is 6.54 Å². The molecule has 0 fully saturated rings. The van der Waals surface area contributed by atoms with Gasteiger partial charge in [-0.2, -0.15) is 57.1 Å². The van der Waals surface area contributed by atoms with E-state index >= 15 is 0 Å². The summed E-state index contributed by atoms with van der Waals surface area (Å²) >= 11 is 0. The van der Waals surface area contributed by atoms with E-state index in [1.807, 2.05) is 0 Å². The molecule has 1 rings (SSSR count). The fourth-order valence-electron chi connectivity index (χ4n) is 3.49. The number of hydrogen-bond donors (Lipinski definition) is 0. The predicted octanol–water partition coefficient (Wildman–Crippen LogP) is 5.74. The number of alkyl halides is 13. The molecule has 1 heterocycles. The van der Waals surface area contributed by atoms with Gasteiger partial charge < -0.3 is 24.0 Å². The molecule has 0 aromatic rings. The fourth-order valence-corrected chi connectivity index (χ4v) is 3.49. The molecular weight excluding hydrogens is 666 g/mol. The molecule has 0 aliphatic carbocycles. The summed E-state index contributed by atoms with van der Waals surface area (Å²) in [6.45, 7) is 4.73. The van der Waals surface area contributed by atoms with Gasteiger partial charge >= 0.3 is 42.5 Å². The fraction of sp³-hybridized carbons (Fsp3) is 0.864. The van der Waals surface area contributed by atoms with Gasteiger partial charge in [-0.3, -0.25) is 0 Å². The molecule has 0 atom stereocenters. The largest absolute Gasteiger partial charge is 1.00 e. The van der Waals surface area contributed by atoms with E-state index in [-0.39, 0.29) is 24.0 Å². The molecule has 1 aliphatic rings. The Morgan fingerprint density at radius 2 is 0.921 bits per heavy atom. The van der Waals surface area contributed by atoms with Crippen LogP contribution in [0, 0.1) is 6.67 Å². The summed E-state index contributed by atoms with van der Waals surface area (Å²) in [4.78, 5) is 2.63. The Morgan fingerprint density at radius 3 is 1.37 bits per heavy atom. The third-order valence-corrected chi connectivity index (χ3v) is 5.82. The highest BCUT2D eigenvalue weighted by Crippen LogP contribution is 2.60. The van der Waals surface area contributed by atoms with Gasteiger partial charge in [0.25, 0.3) is 0 Å². The average Bonchev–Trinajstić information content (AvgIpc) is 3.21. The minimum absolute atomic E-state index is 0. The average molecular weight is 695 g/mol. The summed E-state index contributed by atoms with van der Waals surface area (Å²) in [5.74, 6) is -36.6. The van der Waals surface area contributed by atoms with Crippen LogP contribution in [-0.4, -0.2) is 58.7 Å². The topological polar surface area (TPSA) is 6.48 Å². The number of hydrogen-bond acceptors (Lipinski definition) is 2. The lowest BCUT2D eigenvalue weighted by molar-refractivity contribution is -0.440. The van der Waals surface area contributed by atoms with E-state index in [4.69, 9.17) is 0 Å². The van der Waals surface area contributed by atoms with Gasteiger partial charge in [0, 0.05) is 6.42 Å². The summed E-state index contributed by atoms with van der Waals surface area (Å²) in [7, 11) is 0. The number of halogens is 14. The lowest BCUT2D eigenvalue weighted by Gasteiger charge is -2.39. The molecule has 16 heteroatoms. The maximum atomic E-state index is 13.8. The Hall–Kier alpha value is -0.970. The molecule has 0 saturated heterocycles. The maximum Gasteiger partial charge on any atom is 0.564 e. The van der Waals surface area contributed by atoms with E-state index in [2.05, 4.69) is 13.6 Å². The molecule has 0 unspecified atom stereocenters. The Bertz CT molecular complexity index is 727. The third-order valence-electron chi connectivity index (χ3n) is 5.82. The molecular formula is C22H29F13IN2. The summed E-state index contributed by atoms with van der Waals surface area (Å²) in [6, 6.07) is 0. The summed E-state index contributed by atoms with van der Waals surface area (Å²) in [5.41, 5.74) is 0. The summed E-state index contributed by atoms with van der Waals surface area (Å²) < 4.78 is 171. The molecule has 0 bridgehead atoms. The first kappa shape index (κ1) is 37.0. The Balaban J connectivity index is 0.0000137. The Morgan fingerprint density at radius 1 is 0.526 bits per heavy atom. The Labute approximate surface area is 230 Å². The van der Waals surface area contributed by atoms with E-state index in [0.717, 1.165) is 49.8 Å². The monoisotopic (exact) mass is 695 g/mol. The van der Waals surface area contributed by atoms with Crippen LogP contribution in [0.15, 0.2) is 12.4 Å². The van der Waals surface area contributed by atoms with Crippen LogP contribution in [0.3, 0.4) is 0 Å². The lowest BCUT2D eigenvalue weighted by atomic mass is 9.92. The zero-order chi connectivity index (χ0) is 28.8. The normalized spacial score (nSPS) is 15.6. The minimum Gasteiger partial charge on any atom is -1.00 e. The predicted molar refractivity (Wildman–Crippen MR) is 108 cm³/mol. The zero-order valence-electron chi connectivity index (χ0n) is 20.3. The second-order valence-electron chi connectivity index (χ2n) is 8.86. The van der Waals surface area contributed by atoms with Gasteiger partial charge in [-0.15, -0.1) is 9.80 Å². The molecule has 1 aliphatic heterocycles. The summed E-state index contributed by atoms with van der Waals surface area (Å²) in [5, 5.41) is 0. The number of rotatable bonds is 17. The molecule has 1 radical (unpaired) electrons. The van der Waals surface area contributed by atoms with Crippen LogP contribution < -0.4 is 24.0 Å². The van der Waals surface area contributed by atoms with Crippen molar-refractivity contribution in [3.05, 3.63) is 19.1 Å². The molecule has 2 nitrogen and oxygen atoms in total. The van der Waals surface area contributed by atoms with Crippen molar-refractivity contribution in [1.29, 1.82) is 0 Å². The first-order chi connectivity index (χ1) is 16.8.